The molecule has 14 heavy (non-hydrogen) atoms. The highest BCUT2D eigenvalue weighted by Gasteiger charge is 2.14. The first-order valence-corrected chi connectivity index (χ1v) is 5.13. The van der Waals surface area contributed by atoms with Gasteiger partial charge >= 0.3 is 0 Å². The van der Waals surface area contributed by atoms with Crippen molar-refractivity contribution >= 4 is 5.82 Å². The number of hydrogen-bond acceptors (Lipinski definition) is 3. The number of anilines is 1. The fourth-order valence-corrected chi connectivity index (χ4v) is 1.93. The van der Waals surface area contributed by atoms with E-state index in [9.17, 15) is 4.79 Å². The minimum absolute atomic E-state index is 0.103. The Bertz CT molecular complexity index is 341. The molecule has 1 saturated carbocycles. The summed E-state index contributed by atoms with van der Waals surface area (Å²) < 4.78 is 0. The van der Waals surface area contributed by atoms with Gasteiger partial charge in [-0.05, 0) is 18.8 Å². The van der Waals surface area contributed by atoms with Crippen molar-refractivity contribution in [2.24, 2.45) is 5.92 Å². The summed E-state index contributed by atoms with van der Waals surface area (Å²) in [7, 11) is 0. The molecule has 4 nitrogen and oxygen atoms in total. The molecule has 4 heteroatoms. The molecule has 0 radical (unpaired) electrons. The van der Waals surface area contributed by atoms with E-state index in [0.717, 1.165) is 12.5 Å². The summed E-state index contributed by atoms with van der Waals surface area (Å²) in [6, 6.07) is 1.49. The minimum Gasteiger partial charge on any atom is -0.370 e. The fraction of sp³-hybridized carbons (Fsp3) is 0.600. The zero-order valence-electron chi connectivity index (χ0n) is 8.12. The zero-order valence-corrected chi connectivity index (χ0v) is 8.12. The standard InChI is InChI=1S/C10H15N3O/c14-10-5-9(12-7-13-10)11-6-8-3-1-2-4-8/h5,7-8H,1-4,6H2,(H2,11,12,13,14). The molecule has 1 aliphatic rings. The quantitative estimate of drug-likeness (QED) is 0.762. The summed E-state index contributed by atoms with van der Waals surface area (Å²) in [5.41, 5.74) is -0.103. The van der Waals surface area contributed by atoms with Crippen LogP contribution in [0.4, 0.5) is 5.82 Å². The number of H-pyrrole nitrogens is 1. The van der Waals surface area contributed by atoms with Crippen molar-refractivity contribution in [3.8, 4) is 0 Å². The number of rotatable bonds is 3. The van der Waals surface area contributed by atoms with E-state index in [1.54, 1.807) is 0 Å². The first-order valence-electron chi connectivity index (χ1n) is 5.13. The van der Waals surface area contributed by atoms with E-state index in [-0.39, 0.29) is 5.56 Å². The van der Waals surface area contributed by atoms with Crippen LogP contribution in [-0.4, -0.2) is 16.5 Å². The van der Waals surface area contributed by atoms with E-state index in [1.807, 2.05) is 0 Å². The van der Waals surface area contributed by atoms with Gasteiger partial charge in [0.1, 0.15) is 5.82 Å². The highest BCUT2D eigenvalue weighted by molar-refractivity contribution is 5.31. The van der Waals surface area contributed by atoms with Crippen LogP contribution in [0.1, 0.15) is 25.7 Å². The summed E-state index contributed by atoms with van der Waals surface area (Å²) in [5, 5.41) is 3.20. The van der Waals surface area contributed by atoms with Crippen molar-refractivity contribution in [1.29, 1.82) is 0 Å². The Morgan fingerprint density at radius 1 is 1.50 bits per heavy atom. The van der Waals surface area contributed by atoms with Crippen LogP contribution in [0.5, 0.6) is 0 Å². The number of hydrogen-bond donors (Lipinski definition) is 2. The number of aromatic nitrogens is 2. The van der Waals surface area contributed by atoms with E-state index >= 15 is 0 Å². The van der Waals surface area contributed by atoms with Gasteiger partial charge in [0.2, 0.25) is 0 Å². The van der Waals surface area contributed by atoms with Gasteiger partial charge in [0.25, 0.3) is 5.56 Å². The van der Waals surface area contributed by atoms with E-state index in [1.165, 1.54) is 38.1 Å². The second kappa shape index (κ2) is 4.26. The van der Waals surface area contributed by atoms with Crippen LogP contribution in [-0.2, 0) is 0 Å². The third-order valence-corrected chi connectivity index (χ3v) is 2.72. The van der Waals surface area contributed by atoms with Crippen LogP contribution < -0.4 is 10.9 Å². The molecule has 76 valence electrons. The van der Waals surface area contributed by atoms with Gasteiger partial charge in [0.05, 0.1) is 6.33 Å². The molecule has 1 aliphatic carbocycles. The number of nitrogens with zero attached hydrogens (tertiary/aromatic N) is 1. The smallest absolute Gasteiger partial charge is 0.252 e. The summed E-state index contributed by atoms with van der Waals surface area (Å²) in [5.74, 6) is 1.44. The predicted molar refractivity (Wildman–Crippen MR) is 55.3 cm³/mol. The minimum atomic E-state index is -0.103. The summed E-state index contributed by atoms with van der Waals surface area (Å²) in [6.07, 6.45) is 6.72. The van der Waals surface area contributed by atoms with Crippen LogP contribution in [0.2, 0.25) is 0 Å². The lowest BCUT2D eigenvalue weighted by Crippen LogP contribution is -2.14. The molecule has 0 aromatic carbocycles. The van der Waals surface area contributed by atoms with E-state index in [2.05, 4.69) is 15.3 Å². The van der Waals surface area contributed by atoms with Gasteiger partial charge in [0, 0.05) is 12.6 Å². The first-order chi connectivity index (χ1) is 6.84. The van der Waals surface area contributed by atoms with E-state index in [4.69, 9.17) is 0 Å². The van der Waals surface area contributed by atoms with Gasteiger partial charge in [-0.2, -0.15) is 0 Å². The van der Waals surface area contributed by atoms with Crippen molar-refractivity contribution < 1.29 is 0 Å². The maximum Gasteiger partial charge on any atom is 0.252 e. The van der Waals surface area contributed by atoms with Crippen LogP contribution in [0, 0.1) is 5.92 Å². The molecule has 0 saturated heterocycles. The van der Waals surface area contributed by atoms with Gasteiger partial charge < -0.3 is 10.3 Å². The molecule has 0 unspecified atom stereocenters. The lowest BCUT2D eigenvalue weighted by molar-refractivity contribution is 0.579. The Balaban J connectivity index is 1.88. The number of aromatic amines is 1. The monoisotopic (exact) mass is 193 g/mol. The third-order valence-electron chi connectivity index (χ3n) is 2.72. The second-order valence-electron chi connectivity index (χ2n) is 3.83. The lowest BCUT2D eigenvalue weighted by Gasteiger charge is -2.09. The predicted octanol–water partition coefficient (Wildman–Crippen LogP) is 1.37. The molecule has 2 rings (SSSR count). The molecule has 1 aromatic heterocycles. The molecule has 1 heterocycles. The molecule has 1 fully saturated rings. The first kappa shape index (κ1) is 9.24. The molecular formula is C10H15N3O. The maximum atomic E-state index is 11.0. The van der Waals surface area contributed by atoms with Crippen LogP contribution in [0.3, 0.4) is 0 Å². The summed E-state index contributed by atoms with van der Waals surface area (Å²) in [4.78, 5) is 17.5. The average molecular weight is 193 g/mol. The molecule has 0 bridgehead atoms. The fourth-order valence-electron chi connectivity index (χ4n) is 1.93. The van der Waals surface area contributed by atoms with Gasteiger partial charge in [0.15, 0.2) is 0 Å². The molecule has 0 spiro atoms. The highest BCUT2D eigenvalue weighted by atomic mass is 16.1. The van der Waals surface area contributed by atoms with E-state index < -0.39 is 0 Å². The highest BCUT2D eigenvalue weighted by Crippen LogP contribution is 2.24. The largest absolute Gasteiger partial charge is 0.370 e. The van der Waals surface area contributed by atoms with Crippen LogP contribution >= 0.6 is 0 Å². The molecule has 0 amide bonds. The second-order valence-corrected chi connectivity index (χ2v) is 3.83. The van der Waals surface area contributed by atoms with Crippen molar-refractivity contribution in [1.82, 2.24) is 9.97 Å². The molecule has 2 N–H and O–H groups in total. The molecule has 0 aliphatic heterocycles. The Kier molecular flexibility index (Phi) is 2.81. The van der Waals surface area contributed by atoms with Gasteiger partial charge in [-0.15, -0.1) is 0 Å². The SMILES string of the molecule is O=c1cc(NCC2CCCC2)nc[nH]1. The van der Waals surface area contributed by atoms with Crippen molar-refractivity contribution in [3.05, 3.63) is 22.7 Å². The Morgan fingerprint density at radius 2 is 2.29 bits per heavy atom. The van der Waals surface area contributed by atoms with Crippen molar-refractivity contribution in [2.45, 2.75) is 25.7 Å². The van der Waals surface area contributed by atoms with Gasteiger partial charge in [-0.3, -0.25) is 4.79 Å². The summed E-state index contributed by atoms with van der Waals surface area (Å²) in [6.45, 7) is 0.941. The average Bonchev–Trinajstić information content (AvgIpc) is 2.67. The molecule has 1 aromatic rings. The Morgan fingerprint density at radius 3 is 3.00 bits per heavy atom. The molecule has 0 atom stereocenters. The van der Waals surface area contributed by atoms with Crippen molar-refractivity contribution in [2.75, 3.05) is 11.9 Å². The zero-order chi connectivity index (χ0) is 9.80. The maximum absolute atomic E-state index is 11.0. The van der Waals surface area contributed by atoms with Crippen LogP contribution in [0.15, 0.2) is 17.2 Å². The normalized spacial score (nSPS) is 17.1. The van der Waals surface area contributed by atoms with E-state index in [0.29, 0.717) is 5.82 Å². The Hall–Kier alpha value is -1.32. The third kappa shape index (κ3) is 2.34. The molecular weight excluding hydrogens is 178 g/mol. The topological polar surface area (TPSA) is 57.8 Å². The summed E-state index contributed by atoms with van der Waals surface area (Å²) >= 11 is 0. The lowest BCUT2D eigenvalue weighted by atomic mass is 10.1. The van der Waals surface area contributed by atoms with Gasteiger partial charge in [-0.25, -0.2) is 4.98 Å². The number of nitrogens with one attached hydrogen (secondary N) is 2. The van der Waals surface area contributed by atoms with Crippen LogP contribution in [0.25, 0.3) is 0 Å². The van der Waals surface area contributed by atoms with Crippen molar-refractivity contribution in [3.63, 3.8) is 0 Å². The van der Waals surface area contributed by atoms with Gasteiger partial charge in [-0.1, -0.05) is 12.8 Å². The Labute approximate surface area is 82.8 Å².